The Labute approximate surface area is 90.3 Å². The number of nitrogens with zero attached hydrogens (tertiary/aromatic N) is 1. The van der Waals surface area contributed by atoms with E-state index in [0.29, 0.717) is 6.54 Å². The van der Waals surface area contributed by atoms with Crippen molar-refractivity contribution in [2.24, 2.45) is 0 Å². The number of aryl methyl sites for hydroxylation is 1. The molecule has 0 saturated heterocycles. The van der Waals surface area contributed by atoms with Gasteiger partial charge < -0.3 is 14.7 Å². The molecular formula is C12H17NO2. The molecule has 0 amide bonds. The standard InChI is InChI=1S/C12H17NO2/c1-15-11-5-4-10-3-2-6-13(7-8-14)12(10)9-11/h4-5,9,14H,2-3,6-8H2,1H3. The highest BCUT2D eigenvalue weighted by Crippen LogP contribution is 2.30. The molecular weight excluding hydrogens is 190 g/mol. The van der Waals surface area contributed by atoms with Crippen LogP contribution in [0.25, 0.3) is 0 Å². The summed E-state index contributed by atoms with van der Waals surface area (Å²) in [6.07, 6.45) is 2.29. The Bertz CT molecular complexity index is 338. The Hall–Kier alpha value is -1.22. The van der Waals surface area contributed by atoms with E-state index in [9.17, 15) is 0 Å². The van der Waals surface area contributed by atoms with Gasteiger partial charge in [-0.25, -0.2) is 0 Å². The van der Waals surface area contributed by atoms with Crippen LogP contribution >= 0.6 is 0 Å². The average molecular weight is 207 g/mol. The molecule has 0 unspecified atom stereocenters. The lowest BCUT2D eigenvalue weighted by atomic mass is 10.0. The average Bonchev–Trinajstić information content (AvgIpc) is 2.29. The molecule has 0 aromatic heterocycles. The maximum absolute atomic E-state index is 9.00. The van der Waals surface area contributed by atoms with Crippen LogP contribution in [0.2, 0.25) is 0 Å². The van der Waals surface area contributed by atoms with Crippen molar-refractivity contribution in [3.8, 4) is 5.75 Å². The molecule has 82 valence electrons. The lowest BCUT2D eigenvalue weighted by molar-refractivity contribution is 0.301. The molecule has 0 radical (unpaired) electrons. The van der Waals surface area contributed by atoms with E-state index in [1.807, 2.05) is 6.07 Å². The number of aliphatic hydroxyl groups excluding tert-OH is 1. The van der Waals surface area contributed by atoms with Crippen LogP contribution in [-0.2, 0) is 6.42 Å². The van der Waals surface area contributed by atoms with Gasteiger partial charge in [-0.3, -0.25) is 0 Å². The lowest BCUT2D eigenvalue weighted by Gasteiger charge is -2.31. The van der Waals surface area contributed by atoms with Crippen LogP contribution in [0.3, 0.4) is 0 Å². The number of rotatable bonds is 3. The van der Waals surface area contributed by atoms with Gasteiger partial charge in [0.1, 0.15) is 5.75 Å². The van der Waals surface area contributed by atoms with Crippen molar-refractivity contribution in [2.75, 3.05) is 31.7 Å². The first kappa shape index (κ1) is 10.3. The summed E-state index contributed by atoms with van der Waals surface area (Å²) in [4.78, 5) is 2.22. The van der Waals surface area contributed by atoms with Crippen molar-refractivity contribution >= 4 is 5.69 Å². The van der Waals surface area contributed by atoms with Crippen molar-refractivity contribution in [2.45, 2.75) is 12.8 Å². The van der Waals surface area contributed by atoms with Crippen LogP contribution in [-0.4, -0.2) is 31.9 Å². The van der Waals surface area contributed by atoms with E-state index < -0.39 is 0 Å². The molecule has 0 spiro atoms. The largest absolute Gasteiger partial charge is 0.497 e. The molecule has 1 heterocycles. The third-order valence-electron chi connectivity index (χ3n) is 2.88. The maximum Gasteiger partial charge on any atom is 0.120 e. The van der Waals surface area contributed by atoms with Gasteiger partial charge in [-0.15, -0.1) is 0 Å². The second-order valence-electron chi connectivity index (χ2n) is 3.81. The zero-order chi connectivity index (χ0) is 10.7. The van der Waals surface area contributed by atoms with E-state index in [1.165, 1.54) is 17.7 Å². The Morgan fingerprint density at radius 3 is 3.07 bits per heavy atom. The predicted octanol–water partition coefficient (Wildman–Crippen LogP) is 1.44. The Morgan fingerprint density at radius 2 is 2.33 bits per heavy atom. The molecule has 1 aliphatic rings. The van der Waals surface area contributed by atoms with Crippen LogP contribution in [0.1, 0.15) is 12.0 Å². The molecule has 0 saturated carbocycles. The molecule has 0 aliphatic carbocycles. The smallest absolute Gasteiger partial charge is 0.120 e. The summed E-state index contributed by atoms with van der Waals surface area (Å²) in [5, 5.41) is 9.00. The van der Waals surface area contributed by atoms with Crippen molar-refractivity contribution < 1.29 is 9.84 Å². The number of hydrogen-bond acceptors (Lipinski definition) is 3. The third kappa shape index (κ3) is 2.07. The number of hydrogen-bond donors (Lipinski definition) is 1. The number of aliphatic hydroxyl groups is 1. The molecule has 0 fully saturated rings. The van der Waals surface area contributed by atoms with Crippen LogP contribution in [0, 0.1) is 0 Å². The molecule has 15 heavy (non-hydrogen) atoms. The summed E-state index contributed by atoms with van der Waals surface area (Å²) < 4.78 is 5.22. The first-order valence-corrected chi connectivity index (χ1v) is 5.38. The normalized spacial score (nSPS) is 14.9. The molecule has 0 bridgehead atoms. The molecule has 0 atom stereocenters. The van der Waals surface area contributed by atoms with E-state index in [4.69, 9.17) is 9.84 Å². The predicted molar refractivity (Wildman–Crippen MR) is 60.6 cm³/mol. The highest BCUT2D eigenvalue weighted by atomic mass is 16.5. The van der Waals surface area contributed by atoms with Crippen molar-refractivity contribution in [1.29, 1.82) is 0 Å². The zero-order valence-corrected chi connectivity index (χ0v) is 9.07. The number of fused-ring (bicyclic) bond motifs is 1. The molecule has 2 rings (SSSR count). The minimum Gasteiger partial charge on any atom is -0.497 e. The number of methoxy groups -OCH3 is 1. The molecule has 3 heteroatoms. The number of ether oxygens (including phenoxy) is 1. The Balaban J connectivity index is 2.30. The van der Waals surface area contributed by atoms with Gasteiger partial charge in [0.05, 0.1) is 13.7 Å². The van der Waals surface area contributed by atoms with Crippen molar-refractivity contribution in [3.63, 3.8) is 0 Å². The van der Waals surface area contributed by atoms with Crippen molar-refractivity contribution in [3.05, 3.63) is 23.8 Å². The van der Waals surface area contributed by atoms with Crippen molar-refractivity contribution in [1.82, 2.24) is 0 Å². The SMILES string of the molecule is COc1ccc2c(c1)N(CCO)CCC2. The number of benzene rings is 1. The molecule has 1 aliphatic heterocycles. The van der Waals surface area contributed by atoms with E-state index in [0.717, 1.165) is 18.7 Å². The maximum atomic E-state index is 9.00. The van der Waals surface area contributed by atoms with E-state index >= 15 is 0 Å². The monoisotopic (exact) mass is 207 g/mol. The number of anilines is 1. The topological polar surface area (TPSA) is 32.7 Å². The van der Waals surface area contributed by atoms with Gasteiger partial charge in [-0.1, -0.05) is 6.07 Å². The third-order valence-corrected chi connectivity index (χ3v) is 2.88. The van der Waals surface area contributed by atoms with Crippen LogP contribution in [0.4, 0.5) is 5.69 Å². The van der Waals surface area contributed by atoms with Crippen LogP contribution in [0.5, 0.6) is 5.75 Å². The second kappa shape index (κ2) is 4.53. The first-order valence-electron chi connectivity index (χ1n) is 5.38. The first-order chi connectivity index (χ1) is 7.35. The molecule has 1 N–H and O–H groups in total. The van der Waals surface area contributed by atoms with Crippen LogP contribution in [0.15, 0.2) is 18.2 Å². The Morgan fingerprint density at radius 1 is 1.47 bits per heavy atom. The molecule has 1 aromatic carbocycles. The van der Waals surface area contributed by atoms with Gasteiger partial charge in [-0.2, -0.15) is 0 Å². The highest BCUT2D eigenvalue weighted by molar-refractivity contribution is 5.58. The minimum absolute atomic E-state index is 0.205. The van der Waals surface area contributed by atoms with Gasteiger partial charge in [0.15, 0.2) is 0 Å². The number of β-amino-alcohol motifs (C(OH)–C–C–N with tert-alkyl or cyclic N) is 1. The summed E-state index contributed by atoms with van der Waals surface area (Å²) in [5.41, 5.74) is 2.57. The van der Waals surface area contributed by atoms with E-state index in [1.54, 1.807) is 7.11 Å². The molecule has 1 aromatic rings. The summed E-state index contributed by atoms with van der Waals surface area (Å²) >= 11 is 0. The van der Waals surface area contributed by atoms with E-state index in [-0.39, 0.29) is 6.61 Å². The Kier molecular flexibility index (Phi) is 3.11. The fourth-order valence-corrected chi connectivity index (χ4v) is 2.11. The lowest BCUT2D eigenvalue weighted by Crippen LogP contribution is -2.31. The van der Waals surface area contributed by atoms with Crippen LogP contribution < -0.4 is 9.64 Å². The fourth-order valence-electron chi connectivity index (χ4n) is 2.11. The summed E-state index contributed by atoms with van der Waals surface area (Å²) in [5.74, 6) is 0.888. The fraction of sp³-hybridized carbons (Fsp3) is 0.500. The quantitative estimate of drug-likeness (QED) is 0.814. The van der Waals surface area contributed by atoms with Gasteiger partial charge in [0.2, 0.25) is 0 Å². The van der Waals surface area contributed by atoms with Gasteiger partial charge in [0.25, 0.3) is 0 Å². The zero-order valence-electron chi connectivity index (χ0n) is 9.07. The van der Waals surface area contributed by atoms with Gasteiger partial charge in [-0.05, 0) is 24.5 Å². The summed E-state index contributed by atoms with van der Waals surface area (Å²) in [6.45, 7) is 1.94. The van der Waals surface area contributed by atoms with Gasteiger partial charge in [0, 0.05) is 24.8 Å². The summed E-state index contributed by atoms with van der Waals surface area (Å²) in [6, 6.07) is 6.18. The van der Waals surface area contributed by atoms with E-state index in [2.05, 4.69) is 17.0 Å². The van der Waals surface area contributed by atoms with Gasteiger partial charge >= 0.3 is 0 Å². The summed E-state index contributed by atoms with van der Waals surface area (Å²) in [7, 11) is 1.68. The molecule has 3 nitrogen and oxygen atoms in total. The second-order valence-corrected chi connectivity index (χ2v) is 3.81. The highest BCUT2D eigenvalue weighted by Gasteiger charge is 2.16. The minimum atomic E-state index is 0.205.